The van der Waals surface area contributed by atoms with Crippen molar-refractivity contribution in [3.8, 4) is 5.75 Å². The number of amides is 1. The van der Waals surface area contributed by atoms with Crippen LogP contribution in [0.2, 0.25) is 0 Å². The molecule has 2 aromatic heterocycles. The molecule has 1 aromatic carbocycles. The van der Waals surface area contributed by atoms with E-state index in [4.69, 9.17) is 9.72 Å². The molecule has 0 bridgehead atoms. The number of hydrogen-bond donors (Lipinski definition) is 0. The highest BCUT2D eigenvalue weighted by Gasteiger charge is 2.26. The number of nitrogens with zero attached hydrogens (tertiary/aromatic N) is 4. The first-order chi connectivity index (χ1) is 13.1. The number of ether oxygens (including phenoxy) is 1. The van der Waals surface area contributed by atoms with E-state index >= 15 is 0 Å². The molecule has 1 amide bonds. The van der Waals surface area contributed by atoms with Crippen molar-refractivity contribution < 1.29 is 9.53 Å². The molecule has 4 rings (SSSR count). The largest absolute Gasteiger partial charge is 0.496 e. The van der Waals surface area contributed by atoms with Crippen LogP contribution in [-0.2, 0) is 7.05 Å². The van der Waals surface area contributed by atoms with Gasteiger partial charge in [0.15, 0.2) is 0 Å². The Morgan fingerprint density at radius 2 is 1.96 bits per heavy atom. The lowest BCUT2D eigenvalue weighted by molar-refractivity contribution is 0.0701. The number of rotatable bonds is 3. The maximum absolute atomic E-state index is 12.6. The maximum atomic E-state index is 12.6. The highest BCUT2D eigenvalue weighted by molar-refractivity contribution is 5.92. The molecule has 0 saturated carbocycles. The molecule has 0 spiro atoms. The van der Waals surface area contributed by atoms with Gasteiger partial charge in [0, 0.05) is 49.5 Å². The fourth-order valence-corrected chi connectivity index (χ4v) is 3.87. The van der Waals surface area contributed by atoms with Gasteiger partial charge in [0.2, 0.25) is 0 Å². The first kappa shape index (κ1) is 17.5. The minimum Gasteiger partial charge on any atom is -0.496 e. The molecule has 6 nitrogen and oxygen atoms in total. The number of aryl methyl sites for hydroxylation is 2. The minimum atomic E-state index is 0.0557. The molecule has 0 atom stereocenters. The van der Waals surface area contributed by atoms with Gasteiger partial charge in [-0.2, -0.15) is 5.10 Å². The van der Waals surface area contributed by atoms with Crippen LogP contribution in [0.5, 0.6) is 5.75 Å². The average Bonchev–Trinajstić information content (AvgIpc) is 3.12. The molecule has 0 radical (unpaired) electrons. The van der Waals surface area contributed by atoms with Crippen LogP contribution in [0.1, 0.15) is 40.5 Å². The molecule has 27 heavy (non-hydrogen) atoms. The first-order valence-electron chi connectivity index (χ1n) is 9.28. The molecule has 140 valence electrons. The summed E-state index contributed by atoms with van der Waals surface area (Å²) in [5, 5.41) is 6.37. The van der Waals surface area contributed by atoms with E-state index in [0.29, 0.717) is 11.6 Å². The third-order valence-corrected chi connectivity index (χ3v) is 5.50. The van der Waals surface area contributed by atoms with E-state index in [1.165, 1.54) is 0 Å². The number of likely N-dealkylation sites (tertiary alicyclic amines) is 1. The van der Waals surface area contributed by atoms with Crippen LogP contribution in [0.15, 0.2) is 36.7 Å². The second kappa shape index (κ2) is 7.02. The van der Waals surface area contributed by atoms with Crippen LogP contribution < -0.4 is 4.74 Å². The van der Waals surface area contributed by atoms with E-state index < -0.39 is 0 Å². The molecule has 3 aromatic rings. The van der Waals surface area contributed by atoms with Crippen molar-refractivity contribution >= 4 is 16.7 Å². The summed E-state index contributed by atoms with van der Waals surface area (Å²) in [6.45, 7) is 3.53. The standard InChI is InChI=1S/C21H24N4O2/c1-14-10-17-13-22-18(11-16(17)12-20(14)27-3)15-5-8-25(9-6-15)21(26)19-4-7-23-24(19)2/h4,7,10-13,15H,5-6,8-9H2,1-3H3. The summed E-state index contributed by atoms with van der Waals surface area (Å²) in [6, 6.07) is 8.13. The van der Waals surface area contributed by atoms with E-state index in [1.54, 1.807) is 31.1 Å². The van der Waals surface area contributed by atoms with Crippen molar-refractivity contribution in [1.29, 1.82) is 0 Å². The van der Waals surface area contributed by atoms with Crippen LogP contribution in [0.4, 0.5) is 0 Å². The summed E-state index contributed by atoms with van der Waals surface area (Å²) in [6.07, 6.45) is 5.45. The highest BCUT2D eigenvalue weighted by atomic mass is 16.5. The second-order valence-electron chi connectivity index (χ2n) is 7.18. The van der Waals surface area contributed by atoms with Crippen LogP contribution in [-0.4, -0.2) is 45.8 Å². The molecule has 0 aliphatic carbocycles. The van der Waals surface area contributed by atoms with Gasteiger partial charge in [0.05, 0.1) is 7.11 Å². The molecule has 3 heterocycles. The zero-order valence-corrected chi connectivity index (χ0v) is 16.0. The molecule has 1 aliphatic rings. The van der Waals surface area contributed by atoms with Crippen molar-refractivity contribution in [2.75, 3.05) is 20.2 Å². The monoisotopic (exact) mass is 364 g/mol. The van der Waals surface area contributed by atoms with Gasteiger partial charge >= 0.3 is 0 Å². The Labute approximate surface area is 158 Å². The first-order valence-corrected chi connectivity index (χ1v) is 9.28. The van der Waals surface area contributed by atoms with Crippen LogP contribution in [0, 0.1) is 6.92 Å². The van der Waals surface area contributed by atoms with E-state index in [-0.39, 0.29) is 5.91 Å². The quantitative estimate of drug-likeness (QED) is 0.715. The molecule has 1 aliphatic heterocycles. The van der Waals surface area contributed by atoms with E-state index in [2.05, 4.69) is 23.3 Å². The normalized spacial score (nSPS) is 15.3. The van der Waals surface area contributed by atoms with Crippen molar-refractivity contribution in [3.05, 3.63) is 53.6 Å². The second-order valence-corrected chi connectivity index (χ2v) is 7.18. The molecule has 0 N–H and O–H groups in total. The van der Waals surface area contributed by atoms with Gasteiger partial charge in [-0.05, 0) is 55.0 Å². The number of aromatic nitrogens is 3. The van der Waals surface area contributed by atoms with Crippen molar-refractivity contribution in [2.24, 2.45) is 7.05 Å². The SMILES string of the molecule is COc1cc2cc(C3CCN(C(=O)c4ccnn4C)CC3)ncc2cc1C. The summed E-state index contributed by atoms with van der Waals surface area (Å²) >= 11 is 0. The lowest BCUT2D eigenvalue weighted by Gasteiger charge is -2.31. The third-order valence-electron chi connectivity index (χ3n) is 5.50. The van der Waals surface area contributed by atoms with Gasteiger partial charge in [0.1, 0.15) is 11.4 Å². The number of benzene rings is 1. The summed E-state index contributed by atoms with van der Waals surface area (Å²) in [5.41, 5.74) is 2.85. The zero-order chi connectivity index (χ0) is 19.0. The number of fused-ring (bicyclic) bond motifs is 1. The Morgan fingerprint density at radius 3 is 2.63 bits per heavy atom. The highest BCUT2D eigenvalue weighted by Crippen LogP contribution is 2.31. The summed E-state index contributed by atoms with van der Waals surface area (Å²) in [5.74, 6) is 1.33. The van der Waals surface area contributed by atoms with Crippen molar-refractivity contribution in [2.45, 2.75) is 25.7 Å². The van der Waals surface area contributed by atoms with Gasteiger partial charge in [0.25, 0.3) is 5.91 Å². The zero-order valence-electron chi connectivity index (χ0n) is 16.0. The number of piperidine rings is 1. The molecule has 1 fully saturated rings. The number of pyridine rings is 1. The Bertz CT molecular complexity index is 987. The average molecular weight is 364 g/mol. The molecular formula is C21H24N4O2. The summed E-state index contributed by atoms with van der Waals surface area (Å²) in [4.78, 5) is 19.3. The Hall–Kier alpha value is -2.89. The Balaban J connectivity index is 1.50. The number of carbonyl (C=O) groups is 1. The van der Waals surface area contributed by atoms with Crippen LogP contribution in [0.25, 0.3) is 10.8 Å². The summed E-state index contributed by atoms with van der Waals surface area (Å²) < 4.78 is 7.09. The number of carbonyl (C=O) groups excluding carboxylic acids is 1. The van der Waals surface area contributed by atoms with Gasteiger partial charge in [-0.1, -0.05) is 0 Å². The van der Waals surface area contributed by atoms with Gasteiger partial charge < -0.3 is 9.64 Å². The van der Waals surface area contributed by atoms with Gasteiger partial charge in [-0.25, -0.2) is 0 Å². The van der Waals surface area contributed by atoms with E-state index in [9.17, 15) is 4.79 Å². The van der Waals surface area contributed by atoms with E-state index in [0.717, 1.165) is 53.7 Å². The molecule has 1 saturated heterocycles. The fourth-order valence-electron chi connectivity index (χ4n) is 3.87. The smallest absolute Gasteiger partial charge is 0.272 e. The van der Waals surface area contributed by atoms with Crippen LogP contribution in [0.3, 0.4) is 0 Å². The third kappa shape index (κ3) is 3.27. The Kier molecular flexibility index (Phi) is 4.56. The van der Waals surface area contributed by atoms with Crippen molar-refractivity contribution in [1.82, 2.24) is 19.7 Å². The predicted octanol–water partition coefficient (Wildman–Crippen LogP) is 3.31. The van der Waals surface area contributed by atoms with Crippen molar-refractivity contribution in [3.63, 3.8) is 0 Å². The number of hydrogen-bond acceptors (Lipinski definition) is 4. The molecule has 0 unspecified atom stereocenters. The Morgan fingerprint density at radius 1 is 1.19 bits per heavy atom. The number of methoxy groups -OCH3 is 1. The van der Waals surface area contributed by atoms with E-state index in [1.807, 2.05) is 18.0 Å². The minimum absolute atomic E-state index is 0.0557. The van der Waals surface area contributed by atoms with Gasteiger partial charge in [-0.3, -0.25) is 14.5 Å². The maximum Gasteiger partial charge on any atom is 0.272 e. The predicted molar refractivity (Wildman–Crippen MR) is 104 cm³/mol. The fraction of sp³-hybridized carbons (Fsp3) is 0.381. The van der Waals surface area contributed by atoms with Gasteiger partial charge in [-0.15, -0.1) is 0 Å². The topological polar surface area (TPSA) is 60.2 Å². The summed E-state index contributed by atoms with van der Waals surface area (Å²) in [7, 11) is 3.50. The van der Waals surface area contributed by atoms with Crippen LogP contribution >= 0.6 is 0 Å². The lowest BCUT2D eigenvalue weighted by atomic mass is 9.92. The molecular weight excluding hydrogens is 340 g/mol. The molecule has 6 heteroatoms. The lowest BCUT2D eigenvalue weighted by Crippen LogP contribution is -2.38.